The second kappa shape index (κ2) is 4.49. The fraction of sp³-hybridized carbons (Fsp3) is 0. The molecule has 2 heterocycles. The third kappa shape index (κ3) is 2.04. The SMILES string of the molecule is Nc1cc(Nc2ccc3ccccc3c2)n2ccnc2n1. The highest BCUT2D eigenvalue weighted by Gasteiger charge is 2.05. The van der Waals surface area contributed by atoms with Gasteiger partial charge < -0.3 is 11.1 Å². The Labute approximate surface area is 121 Å². The number of imidazole rings is 1. The fourth-order valence-electron chi connectivity index (χ4n) is 2.43. The van der Waals surface area contributed by atoms with E-state index in [4.69, 9.17) is 5.73 Å². The van der Waals surface area contributed by atoms with Crippen LogP contribution in [0.1, 0.15) is 0 Å². The lowest BCUT2D eigenvalue weighted by Gasteiger charge is -2.10. The molecule has 0 aliphatic heterocycles. The summed E-state index contributed by atoms with van der Waals surface area (Å²) in [5.74, 6) is 1.86. The maximum atomic E-state index is 5.82. The predicted octanol–water partition coefficient (Wildman–Crippen LogP) is 3.21. The molecule has 3 N–H and O–H groups in total. The van der Waals surface area contributed by atoms with Gasteiger partial charge in [0.25, 0.3) is 0 Å². The number of benzene rings is 2. The standard InChI is InChI=1S/C16H13N5/c17-14-10-15(21-8-7-18-16(21)20-14)19-13-6-5-11-3-1-2-4-12(11)9-13/h1-10,19H,(H2,17,18,20). The lowest BCUT2D eigenvalue weighted by Crippen LogP contribution is -2.02. The topological polar surface area (TPSA) is 68.2 Å². The van der Waals surface area contributed by atoms with Crippen molar-refractivity contribution in [1.29, 1.82) is 0 Å². The second-order valence-corrected chi connectivity index (χ2v) is 4.85. The third-order valence-corrected chi connectivity index (χ3v) is 3.42. The summed E-state index contributed by atoms with van der Waals surface area (Å²) in [6, 6.07) is 16.3. The van der Waals surface area contributed by atoms with Crippen LogP contribution in [0, 0.1) is 0 Å². The summed E-state index contributed by atoms with van der Waals surface area (Å²) in [5.41, 5.74) is 6.82. The van der Waals surface area contributed by atoms with Crippen molar-refractivity contribution < 1.29 is 0 Å². The van der Waals surface area contributed by atoms with Gasteiger partial charge in [-0.05, 0) is 22.9 Å². The van der Waals surface area contributed by atoms with Gasteiger partial charge in [-0.25, -0.2) is 4.98 Å². The van der Waals surface area contributed by atoms with Crippen LogP contribution in [-0.2, 0) is 0 Å². The summed E-state index contributed by atoms with van der Waals surface area (Å²) in [5, 5.41) is 5.77. The molecule has 4 aromatic rings. The maximum absolute atomic E-state index is 5.82. The highest BCUT2D eigenvalue weighted by Crippen LogP contribution is 2.23. The van der Waals surface area contributed by atoms with Crippen molar-refractivity contribution in [2.75, 3.05) is 11.1 Å². The molecule has 2 aromatic carbocycles. The Kier molecular flexibility index (Phi) is 2.50. The number of hydrogen-bond donors (Lipinski definition) is 2. The number of nitrogens with two attached hydrogens (primary N) is 1. The highest BCUT2D eigenvalue weighted by atomic mass is 15.2. The Morgan fingerprint density at radius 2 is 1.86 bits per heavy atom. The molecule has 0 spiro atoms. The quantitative estimate of drug-likeness (QED) is 0.589. The predicted molar refractivity (Wildman–Crippen MR) is 84.6 cm³/mol. The molecule has 2 aromatic heterocycles. The molecule has 5 heteroatoms. The van der Waals surface area contributed by atoms with Crippen molar-refractivity contribution in [3.8, 4) is 0 Å². The molecule has 4 rings (SSSR count). The number of rotatable bonds is 2. The molecular weight excluding hydrogens is 262 g/mol. The van der Waals surface area contributed by atoms with Crippen molar-refractivity contribution in [3.63, 3.8) is 0 Å². The van der Waals surface area contributed by atoms with Gasteiger partial charge in [-0.2, -0.15) is 4.98 Å². The maximum Gasteiger partial charge on any atom is 0.237 e. The lowest BCUT2D eigenvalue weighted by atomic mass is 10.1. The summed E-state index contributed by atoms with van der Waals surface area (Å²) in [6.07, 6.45) is 3.55. The number of aromatic nitrogens is 3. The minimum Gasteiger partial charge on any atom is -0.383 e. The smallest absolute Gasteiger partial charge is 0.237 e. The minimum absolute atomic E-state index is 0.442. The Balaban J connectivity index is 1.80. The van der Waals surface area contributed by atoms with E-state index in [2.05, 4.69) is 39.6 Å². The van der Waals surface area contributed by atoms with Gasteiger partial charge >= 0.3 is 0 Å². The monoisotopic (exact) mass is 275 g/mol. The van der Waals surface area contributed by atoms with Crippen LogP contribution in [0.5, 0.6) is 0 Å². The van der Waals surface area contributed by atoms with E-state index in [-0.39, 0.29) is 0 Å². The third-order valence-electron chi connectivity index (χ3n) is 3.42. The van der Waals surface area contributed by atoms with Crippen LogP contribution in [0.15, 0.2) is 60.9 Å². The van der Waals surface area contributed by atoms with Crippen LogP contribution in [0.3, 0.4) is 0 Å². The van der Waals surface area contributed by atoms with Gasteiger partial charge in [-0.3, -0.25) is 4.40 Å². The average molecular weight is 275 g/mol. The number of nitrogens with zero attached hydrogens (tertiary/aromatic N) is 3. The molecule has 0 aliphatic carbocycles. The Bertz CT molecular complexity index is 942. The van der Waals surface area contributed by atoms with Gasteiger partial charge in [0.15, 0.2) is 0 Å². The number of nitrogen functional groups attached to an aromatic ring is 1. The van der Waals surface area contributed by atoms with E-state index in [1.165, 1.54) is 10.8 Å². The van der Waals surface area contributed by atoms with Crippen LogP contribution < -0.4 is 11.1 Å². The van der Waals surface area contributed by atoms with E-state index >= 15 is 0 Å². The Morgan fingerprint density at radius 1 is 1.00 bits per heavy atom. The zero-order valence-corrected chi connectivity index (χ0v) is 11.2. The molecule has 0 saturated heterocycles. The largest absolute Gasteiger partial charge is 0.383 e. The number of fused-ring (bicyclic) bond motifs is 2. The first-order valence-corrected chi connectivity index (χ1v) is 6.65. The van der Waals surface area contributed by atoms with Crippen LogP contribution >= 0.6 is 0 Å². The molecule has 21 heavy (non-hydrogen) atoms. The molecule has 0 atom stereocenters. The first-order chi connectivity index (χ1) is 10.3. The minimum atomic E-state index is 0.442. The van der Waals surface area contributed by atoms with E-state index in [9.17, 15) is 0 Å². The molecule has 0 saturated carbocycles. The van der Waals surface area contributed by atoms with Crippen molar-refractivity contribution in [2.45, 2.75) is 0 Å². The van der Waals surface area contributed by atoms with Crippen molar-refractivity contribution in [3.05, 3.63) is 60.9 Å². The van der Waals surface area contributed by atoms with Crippen LogP contribution in [0.25, 0.3) is 16.6 Å². The first kappa shape index (κ1) is 11.7. The number of anilines is 3. The molecular formula is C16H13N5. The normalized spacial score (nSPS) is 11.0. The number of nitrogens with one attached hydrogen (secondary N) is 1. The van der Waals surface area contributed by atoms with Crippen LogP contribution in [0.2, 0.25) is 0 Å². The summed E-state index contributed by atoms with van der Waals surface area (Å²) in [7, 11) is 0. The van der Waals surface area contributed by atoms with Gasteiger partial charge in [-0.1, -0.05) is 30.3 Å². The van der Waals surface area contributed by atoms with Crippen molar-refractivity contribution in [1.82, 2.24) is 14.4 Å². The molecule has 0 unspecified atom stereocenters. The van der Waals surface area contributed by atoms with Crippen LogP contribution in [0.4, 0.5) is 17.3 Å². The molecule has 0 aliphatic rings. The van der Waals surface area contributed by atoms with E-state index in [0.29, 0.717) is 11.6 Å². The zero-order chi connectivity index (χ0) is 14.2. The summed E-state index contributed by atoms with van der Waals surface area (Å²) < 4.78 is 1.87. The van der Waals surface area contributed by atoms with Gasteiger partial charge in [-0.15, -0.1) is 0 Å². The fourth-order valence-corrected chi connectivity index (χ4v) is 2.43. The van der Waals surface area contributed by atoms with E-state index < -0.39 is 0 Å². The Hall–Kier alpha value is -3.08. The molecule has 5 nitrogen and oxygen atoms in total. The lowest BCUT2D eigenvalue weighted by molar-refractivity contribution is 1.12. The number of hydrogen-bond acceptors (Lipinski definition) is 4. The van der Waals surface area contributed by atoms with E-state index in [0.717, 1.165) is 11.5 Å². The van der Waals surface area contributed by atoms with Crippen molar-refractivity contribution >= 4 is 33.9 Å². The van der Waals surface area contributed by atoms with E-state index in [1.54, 1.807) is 12.3 Å². The molecule has 0 fully saturated rings. The molecule has 102 valence electrons. The van der Waals surface area contributed by atoms with Crippen LogP contribution in [-0.4, -0.2) is 14.4 Å². The molecule has 0 amide bonds. The van der Waals surface area contributed by atoms with Gasteiger partial charge in [0.1, 0.15) is 11.6 Å². The highest BCUT2D eigenvalue weighted by molar-refractivity contribution is 5.86. The molecule has 0 radical (unpaired) electrons. The molecule has 0 bridgehead atoms. The summed E-state index contributed by atoms with van der Waals surface area (Å²) in [4.78, 5) is 8.34. The van der Waals surface area contributed by atoms with Gasteiger partial charge in [0.05, 0.1) is 0 Å². The van der Waals surface area contributed by atoms with E-state index in [1.807, 2.05) is 28.8 Å². The summed E-state index contributed by atoms with van der Waals surface area (Å²) in [6.45, 7) is 0. The first-order valence-electron chi connectivity index (χ1n) is 6.65. The zero-order valence-electron chi connectivity index (χ0n) is 11.2. The van der Waals surface area contributed by atoms with Gasteiger partial charge in [0.2, 0.25) is 5.78 Å². The Morgan fingerprint density at radius 3 is 2.76 bits per heavy atom. The summed E-state index contributed by atoms with van der Waals surface area (Å²) >= 11 is 0. The van der Waals surface area contributed by atoms with Crippen molar-refractivity contribution in [2.24, 2.45) is 0 Å². The van der Waals surface area contributed by atoms with Gasteiger partial charge in [0, 0.05) is 24.1 Å². The second-order valence-electron chi connectivity index (χ2n) is 4.85. The average Bonchev–Trinajstić information content (AvgIpc) is 2.95.